The Labute approximate surface area is 115 Å². The average molecular weight is 274 g/mol. The van der Waals surface area contributed by atoms with Crippen LogP contribution in [0.2, 0.25) is 0 Å². The summed E-state index contributed by atoms with van der Waals surface area (Å²) in [6.07, 6.45) is 2.99. The van der Waals surface area contributed by atoms with Gasteiger partial charge < -0.3 is 14.9 Å². The van der Waals surface area contributed by atoms with Crippen LogP contribution in [-0.2, 0) is 14.3 Å². The van der Waals surface area contributed by atoms with Crippen LogP contribution in [0.1, 0.15) is 65.7 Å². The number of carboxylic acid groups (broad SMARTS) is 1. The molecule has 0 amide bonds. The van der Waals surface area contributed by atoms with Gasteiger partial charge in [-0.3, -0.25) is 4.79 Å². The largest absolute Gasteiger partial charge is 0.481 e. The highest BCUT2D eigenvalue weighted by molar-refractivity contribution is 5.81. The van der Waals surface area contributed by atoms with Crippen molar-refractivity contribution in [1.82, 2.24) is 0 Å². The first-order valence-electron chi connectivity index (χ1n) is 7.03. The fraction of sp³-hybridized carbons (Fsp3) is 0.857. The molecule has 0 fully saturated rings. The monoisotopic (exact) mass is 274 g/mol. The standard InChI is InChI=1S/C14H26O5/c1-4-7-8-9-14(5-2,6-3)19-13(18)11(15)10-12(16)17/h11,15H,4-10H2,1-3H3,(H,16,17). The van der Waals surface area contributed by atoms with E-state index in [1.165, 1.54) is 0 Å². The molecule has 0 aliphatic rings. The van der Waals surface area contributed by atoms with Gasteiger partial charge in [-0.15, -0.1) is 0 Å². The topological polar surface area (TPSA) is 83.8 Å². The Hall–Kier alpha value is -1.10. The van der Waals surface area contributed by atoms with Gasteiger partial charge in [0, 0.05) is 0 Å². The molecule has 0 aromatic rings. The number of carbonyl (C=O) groups is 2. The van der Waals surface area contributed by atoms with Crippen LogP contribution in [0.5, 0.6) is 0 Å². The molecular formula is C14H26O5. The number of aliphatic carboxylic acids is 1. The van der Waals surface area contributed by atoms with Gasteiger partial charge in [0.2, 0.25) is 0 Å². The van der Waals surface area contributed by atoms with Crippen LogP contribution >= 0.6 is 0 Å². The normalized spacial score (nSPS) is 13.1. The number of esters is 1. The lowest BCUT2D eigenvalue weighted by Crippen LogP contribution is -2.38. The van der Waals surface area contributed by atoms with E-state index in [2.05, 4.69) is 6.92 Å². The van der Waals surface area contributed by atoms with E-state index in [0.717, 1.165) is 25.7 Å². The maximum absolute atomic E-state index is 11.7. The summed E-state index contributed by atoms with van der Waals surface area (Å²) in [5.41, 5.74) is -0.578. The molecule has 0 spiro atoms. The molecule has 2 N–H and O–H groups in total. The van der Waals surface area contributed by atoms with Gasteiger partial charge in [-0.1, -0.05) is 33.6 Å². The first-order chi connectivity index (χ1) is 8.90. The molecule has 19 heavy (non-hydrogen) atoms. The molecule has 1 unspecified atom stereocenters. The van der Waals surface area contributed by atoms with Crippen molar-refractivity contribution in [3.8, 4) is 0 Å². The molecule has 0 saturated carbocycles. The molecule has 0 rings (SSSR count). The fourth-order valence-electron chi connectivity index (χ4n) is 2.03. The lowest BCUT2D eigenvalue weighted by Gasteiger charge is -2.32. The Morgan fingerprint density at radius 1 is 1.16 bits per heavy atom. The highest BCUT2D eigenvalue weighted by Gasteiger charge is 2.33. The van der Waals surface area contributed by atoms with Crippen molar-refractivity contribution in [2.75, 3.05) is 0 Å². The molecule has 5 heteroatoms. The van der Waals surface area contributed by atoms with Crippen LogP contribution in [-0.4, -0.2) is 33.9 Å². The molecule has 112 valence electrons. The summed E-state index contributed by atoms with van der Waals surface area (Å²) < 4.78 is 5.39. The second kappa shape index (κ2) is 8.91. The van der Waals surface area contributed by atoms with E-state index in [0.29, 0.717) is 12.8 Å². The summed E-state index contributed by atoms with van der Waals surface area (Å²) in [5.74, 6) is -2.04. The second-order valence-electron chi connectivity index (χ2n) is 4.88. The molecule has 5 nitrogen and oxygen atoms in total. The van der Waals surface area contributed by atoms with Crippen molar-refractivity contribution in [3.63, 3.8) is 0 Å². The minimum Gasteiger partial charge on any atom is -0.481 e. The van der Waals surface area contributed by atoms with Crippen molar-refractivity contribution in [3.05, 3.63) is 0 Å². The smallest absolute Gasteiger partial charge is 0.336 e. The lowest BCUT2D eigenvalue weighted by molar-refractivity contribution is -0.174. The van der Waals surface area contributed by atoms with Gasteiger partial charge in [-0.25, -0.2) is 4.79 Å². The van der Waals surface area contributed by atoms with Gasteiger partial charge in [-0.05, 0) is 25.7 Å². The van der Waals surface area contributed by atoms with Crippen LogP contribution in [0.4, 0.5) is 0 Å². The van der Waals surface area contributed by atoms with E-state index in [-0.39, 0.29) is 0 Å². The van der Waals surface area contributed by atoms with Crippen molar-refractivity contribution in [1.29, 1.82) is 0 Å². The lowest BCUT2D eigenvalue weighted by atomic mass is 9.90. The van der Waals surface area contributed by atoms with E-state index in [4.69, 9.17) is 9.84 Å². The highest BCUT2D eigenvalue weighted by Crippen LogP contribution is 2.28. The third kappa shape index (κ3) is 6.57. The van der Waals surface area contributed by atoms with Crippen LogP contribution in [0.25, 0.3) is 0 Å². The quantitative estimate of drug-likeness (QED) is 0.472. The Kier molecular flexibility index (Phi) is 8.39. The zero-order valence-electron chi connectivity index (χ0n) is 12.1. The fourth-order valence-corrected chi connectivity index (χ4v) is 2.03. The highest BCUT2D eigenvalue weighted by atomic mass is 16.6. The number of aliphatic hydroxyl groups excluding tert-OH is 1. The van der Waals surface area contributed by atoms with Crippen LogP contribution in [0.3, 0.4) is 0 Å². The maximum Gasteiger partial charge on any atom is 0.336 e. The van der Waals surface area contributed by atoms with Crippen LogP contribution in [0.15, 0.2) is 0 Å². The summed E-state index contributed by atoms with van der Waals surface area (Å²) >= 11 is 0. The SMILES string of the molecule is CCCCCC(CC)(CC)OC(=O)C(O)CC(=O)O. The van der Waals surface area contributed by atoms with E-state index in [1.54, 1.807) is 0 Å². The molecule has 0 aliphatic heterocycles. The van der Waals surface area contributed by atoms with Crippen molar-refractivity contribution in [2.45, 2.75) is 77.4 Å². The number of rotatable bonds is 10. The molecule has 0 aromatic carbocycles. The zero-order chi connectivity index (χ0) is 14.9. The number of unbranched alkanes of at least 4 members (excludes halogenated alkanes) is 2. The number of ether oxygens (including phenoxy) is 1. The van der Waals surface area contributed by atoms with Crippen molar-refractivity contribution < 1.29 is 24.5 Å². The molecule has 0 bridgehead atoms. The number of carbonyl (C=O) groups excluding carboxylic acids is 1. The molecule has 0 aliphatic carbocycles. The maximum atomic E-state index is 11.7. The molecule has 0 aromatic heterocycles. The summed E-state index contributed by atoms with van der Waals surface area (Å²) in [7, 11) is 0. The number of carboxylic acids is 1. The van der Waals surface area contributed by atoms with Gasteiger partial charge >= 0.3 is 11.9 Å². The summed E-state index contributed by atoms with van der Waals surface area (Å²) in [4.78, 5) is 22.2. The van der Waals surface area contributed by atoms with Gasteiger partial charge in [0.15, 0.2) is 6.10 Å². The summed E-state index contributed by atoms with van der Waals surface area (Å²) in [5, 5.41) is 18.0. The summed E-state index contributed by atoms with van der Waals surface area (Å²) in [6.45, 7) is 5.97. The Bertz CT molecular complexity index is 284. The number of aliphatic hydroxyl groups is 1. The Morgan fingerprint density at radius 3 is 2.16 bits per heavy atom. The van der Waals surface area contributed by atoms with Gasteiger partial charge in [-0.2, -0.15) is 0 Å². The Morgan fingerprint density at radius 2 is 1.74 bits per heavy atom. The number of hydrogen-bond donors (Lipinski definition) is 2. The predicted molar refractivity (Wildman–Crippen MR) is 71.8 cm³/mol. The third-order valence-corrected chi connectivity index (χ3v) is 3.48. The average Bonchev–Trinajstić information content (AvgIpc) is 2.36. The van der Waals surface area contributed by atoms with E-state index in [1.807, 2.05) is 13.8 Å². The predicted octanol–water partition coefficient (Wildman–Crippen LogP) is 2.50. The third-order valence-electron chi connectivity index (χ3n) is 3.48. The van der Waals surface area contributed by atoms with E-state index >= 15 is 0 Å². The molecule has 0 saturated heterocycles. The van der Waals surface area contributed by atoms with E-state index < -0.39 is 30.1 Å². The van der Waals surface area contributed by atoms with Gasteiger partial charge in [0.1, 0.15) is 5.60 Å². The second-order valence-corrected chi connectivity index (χ2v) is 4.88. The van der Waals surface area contributed by atoms with Crippen LogP contribution in [0, 0.1) is 0 Å². The zero-order valence-corrected chi connectivity index (χ0v) is 12.1. The minimum atomic E-state index is -1.58. The Balaban J connectivity index is 4.54. The van der Waals surface area contributed by atoms with E-state index in [9.17, 15) is 14.7 Å². The molecule has 0 radical (unpaired) electrons. The van der Waals surface area contributed by atoms with Crippen molar-refractivity contribution in [2.24, 2.45) is 0 Å². The first kappa shape index (κ1) is 17.9. The minimum absolute atomic E-state index is 0.578. The molecule has 0 heterocycles. The first-order valence-corrected chi connectivity index (χ1v) is 7.03. The number of hydrogen-bond acceptors (Lipinski definition) is 4. The van der Waals surface area contributed by atoms with Crippen molar-refractivity contribution >= 4 is 11.9 Å². The summed E-state index contributed by atoms with van der Waals surface area (Å²) in [6, 6.07) is 0. The molecule has 1 atom stereocenters. The molecular weight excluding hydrogens is 248 g/mol. The van der Waals surface area contributed by atoms with Gasteiger partial charge in [0.05, 0.1) is 6.42 Å². The van der Waals surface area contributed by atoms with Gasteiger partial charge in [0.25, 0.3) is 0 Å². The van der Waals surface area contributed by atoms with Crippen LogP contribution < -0.4 is 0 Å².